The van der Waals surface area contributed by atoms with E-state index in [1.54, 1.807) is 30.7 Å². The average Bonchev–Trinajstić information content (AvgIpc) is 2.57. The highest BCUT2D eigenvalue weighted by atomic mass is 16.5. The Morgan fingerprint density at radius 1 is 1.32 bits per heavy atom. The van der Waals surface area contributed by atoms with E-state index >= 15 is 0 Å². The topological polar surface area (TPSA) is 75.1 Å². The summed E-state index contributed by atoms with van der Waals surface area (Å²) in [6, 6.07) is 8.98. The highest BCUT2D eigenvalue weighted by Gasteiger charge is 2.07. The minimum Gasteiger partial charge on any atom is -0.465 e. The minimum absolute atomic E-state index is 0.383. The molecule has 1 aromatic carbocycles. The van der Waals surface area contributed by atoms with Gasteiger partial charge in [-0.25, -0.2) is 4.79 Å². The van der Waals surface area contributed by atoms with E-state index in [0.717, 1.165) is 16.8 Å². The van der Waals surface area contributed by atoms with Crippen LogP contribution in [0.15, 0.2) is 48.9 Å². The molecule has 5 heteroatoms. The molecule has 1 heterocycles. The van der Waals surface area contributed by atoms with Crippen molar-refractivity contribution < 1.29 is 9.53 Å². The van der Waals surface area contributed by atoms with Crippen molar-refractivity contribution in [1.82, 2.24) is 4.98 Å². The largest absolute Gasteiger partial charge is 0.465 e. The number of hydrogen-bond acceptors (Lipinski definition) is 5. The van der Waals surface area contributed by atoms with Gasteiger partial charge in [-0.05, 0) is 30.7 Å². The Balaban J connectivity index is 2.28. The van der Waals surface area contributed by atoms with E-state index in [9.17, 15) is 4.79 Å². The van der Waals surface area contributed by atoms with Crippen molar-refractivity contribution in [3.05, 3.63) is 65.6 Å². The Morgan fingerprint density at radius 3 is 2.77 bits per heavy atom. The summed E-state index contributed by atoms with van der Waals surface area (Å²) in [6.45, 7) is 1.94. The lowest BCUT2D eigenvalue weighted by Crippen LogP contribution is -2.03. The lowest BCUT2D eigenvalue weighted by atomic mass is 10.1. The lowest BCUT2D eigenvalue weighted by molar-refractivity contribution is 0.0601. The molecule has 1 aromatic heterocycles. The van der Waals surface area contributed by atoms with Gasteiger partial charge in [0.25, 0.3) is 0 Å². The van der Waals surface area contributed by atoms with Gasteiger partial charge in [0.1, 0.15) is 0 Å². The first-order valence-corrected chi connectivity index (χ1v) is 6.72. The minimum atomic E-state index is -0.383. The number of nitrogens with one attached hydrogen (secondary N) is 2. The highest BCUT2D eigenvalue weighted by molar-refractivity contribution is 6.08. The maximum atomic E-state index is 11.6. The fourth-order valence-electron chi connectivity index (χ4n) is 1.92. The van der Waals surface area contributed by atoms with Crippen molar-refractivity contribution in [3.63, 3.8) is 0 Å². The fourth-order valence-corrected chi connectivity index (χ4v) is 1.92. The highest BCUT2D eigenvalue weighted by Crippen LogP contribution is 2.19. The van der Waals surface area contributed by atoms with Crippen LogP contribution in [0.25, 0.3) is 5.57 Å². The van der Waals surface area contributed by atoms with Crippen molar-refractivity contribution in [2.75, 3.05) is 12.4 Å². The number of pyridine rings is 1. The number of methoxy groups -OCH3 is 1. The molecule has 0 atom stereocenters. The quantitative estimate of drug-likeness (QED) is 0.655. The number of ether oxygens (including phenoxy) is 1. The zero-order valence-electron chi connectivity index (χ0n) is 12.5. The maximum absolute atomic E-state index is 11.6. The molecule has 2 aromatic rings. The van der Waals surface area contributed by atoms with Gasteiger partial charge >= 0.3 is 5.97 Å². The standard InChI is InChI=1S/C17H17N3O2/c1-12-5-6-13(17(21)22-2)8-16(12)20-11-15(9-18)14-4-3-7-19-10-14/h3-11,18,20H,1-2H3/b15-11+,18-9?. The van der Waals surface area contributed by atoms with Gasteiger partial charge in [-0.2, -0.15) is 0 Å². The van der Waals surface area contributed by atoms with Gasteiger partial charge in [0.05, 0.1) is 12.7 Å². The zero-order valence-corrected chi connectivity index (χ0v) is 12.5. The Hall–Kier alpha value is -2.95. The van der Waals surface area contributed by atoms with E-state index in [1.165, 1.54) is 13.3 Å². The summed E-state index contributed by atoms with van der Waals surface area (Å²) in [4.78, 5) is 15.6. The van der Waals surface area contributed by atoms with E-state index < -0.39 is 0 Å². The van der Waals surface area contributed by atoms with Crippen molar-refractivity contribution in [1.29, 1.82) is 5.41 Å². The molecule has 0 saturated carbocycles. The summed E-state index contributed by atoms with van der Waals surface area (Å²) in [6.07, 6.45) is 6.34. The number of esters is 1. The van der Waals surface area contributed by atoms with Gasteiger partial charge in [0.15, 0.2) is 0 Å². The average molecular weight is 295 g/mol. The fraction of sp³-hybridized carbons (Fsp3) is 0.118. The molecule has 5 nitrogen and oxygen atoms in total. The van der Waals surface area contributed by atoms with Crippen LogP contribution in [0.4, 0.5) is 5.69 Å². The van der Waals surface area contributed by atoms with E-state index in [4.69, 9.17) is 10.1 Å². The van der Waals surface area contributed by atoms with E-state index in [2.05, 4.69) is 10.3 Å². The number of aryl methyl sites for hydroxylation is 1. The molecule has 0 radical (unpaired) electrons. The third-order valence-electron chi connectivity index (χ3n) is 3.19. The Morgan fingerprint density at radius 2 is 2.14 bits per heavy atom. The van der Waals surface area contributed by atoms with Crippen LogP contribution >= 0.6 is 0 Å². The monoisotopic (exact) mass is 295 g/mol. The normalized spacial score (nSPS) is 10.9. The summed E-state index contributed by atoms with van der Waals surface area (Å²) in [5.74, 6) is -0.383. The molecule has 0 bridgehead atoms. The van der Waals surface area contributed by atoms with Crippen LogP contribution in [0.1, 0.15) is 21.5 Å². The number of carbonyl (C=O) groups excluding carboxylic acids is 1. The number of anilines is 1. The van der Waals surface area contributed by atoms with Crippen LogP contribution in [-0.4, -0.2) is 24.3 Å². The van der Waals surface area contributed by atoms with Crippen LogP contribution in [0.5, 0.6) is 0 Å². The SMILES string of the molecule is COC(=O)c1ccc(C)c(N/C=C(\C=N)c2cccnc2)c1. The number of aromatic nitrogens is 1. The summed E-state index contributed by atoms with van der Waals surface area (Å²) >= 11 is 0. The summed E-state index contributed by atoms with van der Waals surface area (Å²) < 4.78 is 4.72. The van der Waals surface area contributed by atoms with Crippen LogP contribution in [0.2, 0.25) is 0 Å². The second-order valence-corrected chi connectivity index (χ2v) is 4.65. The molecule has 112 valence electrons. The van der Waals surface area contributed by atoms with Crippen LogP contribution in [-0.2, 0) is 4.74 Å². The lowest BCUT2D eigenvalue weighted by Gasteiger charge is -2.09. The molecule has 0 aliphatic heterocycles. The first-order valence-electron chi connectivity index (χ1n) is 6.72. The number of benzene rings is 1. The van der Waals surface area contributed by atoms with Crippen molar-refractivity contribution in [2.45, 2.75) is 6.92 Å². The van der Waals surface area contributed by atoms with Crippen LogP contribution in [0.3, 0.4) is 0 Å². The Kier molecular flexibility index (Phi) is 5.03. The summed E-state index contributed by atoms with van der Waals surface area (Å²) in [7, 11) is 1.35. The van der Waals surface area contributed by atoms with Crippen LogP contribution < -0.4 is 5.32 Å². The summed E-state index contributed by atoms with van der Waals surface area (Å²) in [5, 5.41) is 10.7. The zero-order chi connectivity index (χ0) is 15.9. The summed E-state index contributed by atoms with van der Waals surface area (Å²) in [5.41, 5.74) is 3.77. The van der Waals surface area contributed by atoms with Gasteiger partial charge in [-0.15, -0.1) is 0 Å². The molecule has 0 aliphatic rings. The number of carbonyl (C=O) groups is 1. The van der Waals surface area contributed by atoms with Crippen molar-refractivity contribution >= 4 is 23.4 Å². The second-order valence-electron chi connectivity index (χ2n) is 4.65. The molecule has 0 amide bonds. The van der Waals surface area contributed by atoms with Crippen LogP contribution in [0, 0.1) is 12.3 Å². The number of rotatable bonds is 5. The molecule has 0 unspecified atom stereocenters. The Bertz CT molecular complexity index is 709. The third-order valence-corrected chi connectivity index (χ3v) is 3.19. The first kappa shape index (κ1) is 15.4. The first-order chi connectivity index (χ1) is 10.7. The van der Waals surface area contributed by atoms with E-state index in [0.29, 0.717) is 11.1 Å². The molecule has 0 fully saturated rings. The van der Waals surface area contributed by atoms with E-state index in [1.807, 2.05) is 25.1 Å². The van der Waals surface area contributed by atoms with Gasteiger partial charge in [-0.3, -0.25) is 4.98 Å². The number of hydrogen-bond donors (Lipinski definition) is 2. The molecule has 0 spiro atoms. The van der Waals surface area contributed by atoms with E-state index in [-0.39, 0.29) is 5.97 Å². The molecule has 0 aliphatic carbocycles. The van der Waals surface area contributed by atoms with Gasteiger partial charge in [-0.1, -0.05) is 12.1 Å². The predicted molar refractivity (Wildman–Crippen MR) is 87.1 cm³/mol. The van der Waals surface area contributed by atoms with Crippen molar-refractivity contribution in [2.24, 2.45) is 0 Å². The molecule has 22 heavy (non-hydrogen) atoms. The number of nitrogens with zero attached hydrogens (tertiary/aromatic N) is 1. The van der Waals surface area contributed by atoms with Gasteiger partial charge in [0.2, 0.25) is 0 Å². The van der Waals surface area contributed by atoms with Gasteiger partial charge in [0, 0.05) is 41.6 Å². The molecule has 2 N–H and O–H groups in total. The maximum Gasteiger partial charge on any atom is 0.337 e. The smallest absolute Gasteiger partial charge is 0.337 e. The second kappa shape index (κ2) is 7.17. The molecular formula is C17H17N3O2. The third kappa shape index (κ3) is 3.58. The van der Waals surface area contributed by atoms with Crippen molar-refractivity contribution in [3.8, 4) is 0 Å². The predicted octanol–water partition coefficient (Wildman–Crippen LogP) is 3.28. The Labute approximate surface area is 129 Å². The molecular weight excluding hydrogens is 278 g/mol. The molecule has 2 rings (SSSR count). The van der Waals surface area contributed by atoms with Gasteiger partial charge < -0.3 is 15.5 Å². The number of allylic oxidation sites excluding steroid dienone is 1. The molecule has 0 saturated heterocycles.